The number of ether oxygens (including phenoxy) is 1. The number of hydrogen-bond acceptors (Lipinski definition) is 2. The SMILES string of the molecule is OC[C@H]1C[C@H](c2ccccc2)O1. The molecule has 2 nitrogen and oxygen atoms in total. The van der Waals surface area contributed by atoms with Crippen LogP contribution in [0.15, 0.2) is 30.3 Å². The van der Waals surface area contributed by atoms with Crippen LogP contribution in [-0.4, -0.2) is 17.8 Å². The molecule has 0 saturated carbocycles. The smallest absolute Gasteiger partial charge is 0.0855 e. The molecule has 1 aromatic rings. The molecule has 0 spiro atoms. The first-order valence-electron chi connectivity index (χ1n) is 4.21. The van der Waals surface area contributed by atoms with Crippen molar-refractivity contribution >= 4 is 0 Å². The van der Waals surface area contributed by atoms with Gasteiger partial charge in [0.1, 0.15) is 0 Å². The van der Waals surface area contributed by atoms with E-state index in [1.807, 2.05) is 18.2 Å². The molecule has 64 valence electrons. The normalized spacial score (nSPS) is 28.1. The van der Waals surface area contributed by atoms with Gasteiger partial charge in [-0.3, -0.25) is 0 Å². The fourth-order valence-electron chi connectivity index (χ4n) is 1.46. The Bertz CT molecular complexity index is 239. The third-order valence-electron chi connectivity index (χ3n) is 2.21. The van der Waals surface area contributed by atoms with E-state index in [4.69, 9.17) is 9.84 Å². The molecular weight excluding hydrogens is 152 g/mol. The number of rotatable bonds is 2. The van der Waals surface area contributed by atoms with Crippen molar-refractivity contribution in [2.45, 2.75) is 18.6 Å². The molecule has 1 fully saturated rings. The van der Waals surface area contributed by atoms with Crippen LogP contribution in [0.4, 0.5) is 0 Å². The molecule has 2 rings (SSSR count). The summed E-state index contributed by atoms with van der Waals surface area (Å²) < 4.78 is 5.42. The minimum absolute atomic E-state index is 0.0650. The quantitative estimate of drug-likeness (QED) is 0.718. The van der Waals surface area contributed by atoms with Gasteiger partial charge >= 0.3 is 0 Å². The van der Waals surface area contributed by atoms with Crippen LogP contribution in [-0.2, 0) is 4.74 Å². The van der Waals surface area contributed by atoms with Gasteiger partial charge < -0.3 is 9.84 Å². The number of aliphatic hydroxyl groups is 1. The molecule has 1 aliphatic heterocycles. The van der Waals surface area contributed by atoms with E-state index in [-0.39, 0.29) is 18.8 Å². The van der Waals surface area contributed by atoms with E-state index in [0.717, 1.165) is 6.42 Å². The van der Waals surface area contributed by atoms with E-state index in [1.54, 1.807) is 0 Å². The fraction of sp³-hybridized carbons (Fsp3) is 0.400. The number of benzene rings is 1. The van der Waals surface area contributed by atoms with E-state index in [9.17, 15) is 0 Å². The fourth-order valence-corrected chi connectivity index (χ4v) is 1.46. The number of aliphatic hydroxyl groups excluding tert-OH is 1. The summed E-state index contributed by atoms with van der Waals surface area (Å²) in [5.74, 6) is 0. The highest BCUT2D eigenvalue weighted by atomic mass is 16.5. The van der Waals surface area contributed by atoms with Crippen LogP contribution in [0.2, 0.25) is 0 Å². The van der Waals surface area contributed by atoms with Crippen molar-refractivity contribution in [3.8, 4) is 0 Å². The van der Waals surface area contributed by atoms with Gasteiger partial charge in [0.2, 0.25) is 0 Å². The van der Waals surface area contributed by atoms with E-state index < -0.39 is 0 Å². The average Bonchev–Trinajstić information content (AvgIpc) is 2.04. The molecule has 1 aliphatic rings. The summed E-state index contributed by atoms with van der Waals surface area (Å²) >= 11 is 0. The Morgan fingerprint density at radius 3 is 2.58 bits per heavy atom. The van der Waals surface area contributed by atoms with Crippen molar-refractivity contribution in [3.63, 3.8) is 0 Å². The Balaban J connectivity index is 1.97. The van der Waals surface area contributed by atoms with Crippen LogP contribution < -0.4 is 0 Å². The Kier molecular flexibility index (Phi) is 2.11. The first-order valence-corrected chi connectivity index (χ1v) is 4.21. The largest absolute Gasteiger partial charge is 0.394 e. The van der Waals surface area contributed by atoms with Crippen molar-refractivity contribution in [1.29, 1.82) is 0 Å². The monoisotopic (exact) mass is 164 g/mol. The average molecular weight is 164 g/mol. The van der Waals surface area contributed by atoms with Crippen molar-refractivity contribution in [2.24, 2.45) is 0 Å². The third kappa shape index (κ3) is 1.36. The van der Waals surface area contributed by atoms with Gasteiger partial charge in [0.25, 0.3) is 0 Å². The maximum absolute atomic E-state index is 8.73. The molecule has 1 N–H and O–H groups in total. The topological polar surface area (TPSA) is 29.5 Å². The summed E-state index contributed by atoms with van der Waals surface area (Å²) in [4.78, 5) is 0. The zero-order valence-electron chi connectivity index (χ0n) is 6.81. The van der Waals surface area contributed by atoms with Crippen LogP contribution in [0, 0.1) is 0 Å². The molecule has 12 heavy (non-hydrogen) atoms. The van der Waals surface area contributed by atoms with E-state index >= 15 is 0 Å². The molecular formula is C10H12O2. The molecule has 0 unspecified atom stereocenters. The predicted molar refractivity (Wildman–Crippen MR) is 45.8 cm³/mol. The molecule has 2 atom stereocenters. The van der Waals surface area contributed by atoms with Gasteiger partial charge in [-0.05, 0) is 5.56 Å². The predicted octanol–water partition coefficient (Wildman–Crippen LogP) is 1.51. The summed E-state index contributed by atoms with van der Waals surface area (Å²) in [6.07, 6.45) is 1.22. The van der Waals surface area contributed by atoms with Crippen LogP contribution >= 0.6 is 0 Å². The zero-order valence-corrected chi connectivity index (χ0v) is 6.81. The van der Waals surface area contributed by atoms with E-state index in [2.05, 4.69) is 12.1 Å². The highest BCUT2D eigenvalue weighted by Gasteiger charge is 2.30. The lowest BCUT2D eigenvalue weighted by atomic mass is 9.98. The van der Waals surface area contributed by atoms with Crippen molar-refractivity contribution in [2.75, 3.05) is 6.61 Å². The van der Waals surface area contributed by atoms with Crippen LogP contribution in [0.25, 0.3) is 0 Å². The molecule has 0 bridgehead atoms. The third-order valence-corrected chi connectivity index (χ3v) is 2.21. The van der Waals surface area contributed by atoms with Gasteiger partial charge in [-0.2, -0.15) is 0 Å². The highest BCUT2D eigenvalue weighted by Crippen LogP contribution is 2.34. The highest BCUT2D eigenvalue weighted by molar-refractivity contribution is 5.19. The summed E-state index contributed by atoms with van der Waals surface area (Å²) in [5.41, 5.74) is 1.21. The van der Waals surface area contributed by atoms with E-state index in [1.165, 1.54) is 5.56 Å². The molecule has 1 heterocycles. The first-order chi connectivity index (χ1) is 5.90. The van der Waals surface area contributed by atoms with Crippen molar-refractivity contribution in [3.05, 3.63) is 35.9 Å². The maximum atomic E-state index is 8.73. The second-order valence-electron chi connectivity index (χ2n) is 3.08. The Labute approximate surface area is 71.8 Å². The summed E-state index contributed by atoms with van der Waals surface area (Å²) in [7, 11) is 0. The van der Waals surface area contributed by atoms with Crippen LogP contribution in [0.1, 0.15) is 18.1 Å². The zero-order chi connectivity index (χ0) is 8.39. The second kappa shape index (κ2) is 3.25. The standard InChI is InChI=1S/C10H12O2/c11-7-9-6-10(12-9)8-4-2-1-3-5-8/h1-5,9-11H,6-7H2/t9-,10-/m1/s1. The van der Waals surface area contributed by atoms with Crippen LogP contribution in [0.5, 0.6) is 0 Å². The summed E-state index contributed by atoms with van der Waals surface area (Å²) in [6.45, 7) is 0.142. The Morgan fingerprint density at radius 1 is 1.33 bits per heavy atom. The Hall–Kier alpha value is -0.860. The molecule has 0 aromatic heterocycles. The minimum Gasteiger partial charge on any atom is -0.394 e. The maximum Gasteiger partial charge on any atom is 0.0855 e. The van der Waals surface area contributed by atoms with Crippen molar-refractivity contribution < 1.29 is 9.84 Å². The van der Waals surface area contributed by atoms with Gasteiger partial charge in [-0.25, -0.2) is 0 Å². The lowest BCUT2D eigenvalue weighted by molar-refractivity contribution is -0.145. The molecule has 1 aromatic carbocycles. The molecule has 2 heteroatoms. The Morgan fingerprint density at radius 2 is 2.00 bits per heavy atom. The van der Waals surface area contributed by atoms with Crippen LogP contribution in [0.3, 0.4) is 0 Å². The first kappa shape index (κ1) is 7.77. The van der Waals surface area contributed by atoms with Gasteiger partial charge in [0, 0.05) is 6.42 Å². The summed E-state index contributed by atoms with van der Waals surface area (Å²) in [6, 6.07) is 10.1. The molecule has 1 saturated heterocycles. The van der Waals surface area contributed by atoms with Gasteiger partial charge in [0.15, 0.2) is 0 Å². The lowest BCUT2D eigenvalue weighted by Gasteiger charge is -2.35. The second-order valence-corrected chi connectivity index (χ2v) is 3.08. The molecule has 0 amide bonds. The molecule has 0 aliphatic carbocycles. The minimum atomic E-state index is 0.0650. The van der Waals surface area contributed by atoms with Gasteiger partial charge in [0.05, 0.1) is 18.8 Å². The summed E-state index contributed by atoms with van der Waals surface area (Å²) in [5, 5.41) is 8.73. The van der Waals surface area contributed by atoms with Gasteiger partial charge in [-0.1, -0.05) is 30.3 Å². The van der Waals surface area contributed by atoms with E-state index in [0.29, 0.717) is 0 Å². The van der Waals surface area contributed by atoms with Gasteiger partial charge in [-0.15, -0.1) is 0 Å². The molecule has 0 radical (unpaired) electrons. The number of hydrogen-bond donors (Lipinski definition) is 1. The lowest BCUT2D eigenvalue weighted by Crippen LogP contribution is -2.33. The van der Waals surface area contributed by atoms with Crippen molar-refractivity contribution in [1.82, 2.24) is 0 Å².